The van der Waals surface area contributed by atoms with Crippen LogP contribution in [0.5, 0.6) is 0 Å². The SMILES string of the molecule is CC.O=CN(c1cccc(F)c1)C(C(=O)NC1CC(F)(F)C1)c1ccccc1Cl. The van der Waals surface area contributed by atoms with Gasteiger partial charge in [0.1, 0.15) is 11.9 Å². The van der Waals surface area contributed by atoms with Gasteiger partial charge >= 0.3 is 0 Å². The maximum Gasteiger partial charge on any atom is 0.252 e. The van der Waals surface area contributed by atoms with Gasteiger partial charge in [0.2, 0.25) is 12.3 Å². The van der Waals surface area contributed by atoms with Crippen molar-refractivity contribution in [1.29, 1.82) is 0 Å². The highest BCUT2D eigenvalue weighted by Gasteiger charge is 2.46. The maximum atomic E-state index is 13.6. The molecule has 1 unspecified atom stereocenters. The van der Waals surface area contributed by atoms with E-state index in [9.17, 15) is 22.8 Å². The van der Waals surface area contributed by atoms with Gasteiger partial charge in [-0.05, 0) is 24.3 Å². The Balaban J connectivity index is 0.00000145. The summed E-state index contributed by atoms with van der Waals surface area (Å²) < 4.78 is 39.8. The molecular weight excluding hydrogens is 405 g/mol. The molecule has 0 bridgehead atoms. The van der Waals surface area contributed by atoms with Gasteiger partial charge in [-0.25, -0.2) is 13.2 Å². The quantitative estimate of drug-likeness (QED) is 0.651. The molecule has 1 aliphatic carbocycles. The molecule has 1 aliphatic rings. The van der Waals surface area contributed by atoms with E-state index >= 15 is 0 Å². The second kappa shape index (κ2) is 9.78. The van der Waals surface area contributed by atoms with Gasteiger partial charge in [0.05, 0.1) is 0 Å². The standard InChI is InChI=1S/C19H16ClF3N2O2.C2H6/c20-16-7-2-1-6-15(16)17(18(27)24-13-9-19(22,23)10-13)25(11-26)14-5-3-4-12(21)8-14;1-2/h1-8,11,13,17H,9-10H2,(H,24,27);1-2H3. The average Bonchev–Trinajstić information content (AvgIpc) is 2.67. The molecule has 0 heterocycles. The molecule has 156 valence electrons. The molecular formula is C21H22ClF3N2O2. The van der Waals surface area contributed by atoms with E-state index in [0.717, 1.165) is 11.0 Å². The predicted octanol–water partition coefficient (Wildman–Crippen LogP) is 5.12. The lowest BCUT2D eigenvalue weighted by Gasteiger charge is -2.37. The van der Waals surface area contributed by atoms with Crippen LogP contribution in [0.3, 0.4) is 0 Å². The Kier molecular flexibility index (Phi) is 7.67. The van der Waals surface area contributed by atoms with Crippen LogP contribution in [0.25, 0.3) is 0 Å². The summed E-state index contributed by atoms with van der Waals surface area (Å²) in [6.45, 7) is 4.00. The molecule has 4 nitrogen and oxygen atoms in total. The third-order valence-electron chi connectivity index (χ3n) is 4.38. The van der Waals surface area contributed by atoms with Crippen molar-refractivity contribution in [3.8, 4) is 0 Å². The molecule has 1 saturated carbocycles. The van der Waals surface area contributed by atoms with Gasteiger partial charge in [-0.3, -0.25) is 14.5 Å². The molecule has 3 rings (SSSR count). The molecule has 0 aromatic heterocycles. The summed E-state index contributed by atoms with van der Waals surface area (Å²) in [5.74, 6) is -4.05. The fourth-order valence-electron chi connectivity index (χ4n) is 3.07. The number of rotatable bonds is 6. The Bertz CT molecular complexity index is 855. The van der Waals surface area contributed by atoms with Crippen molar-refractivity contribution in [3.05, 3.63) is 64.9 Å². The zero-order chi connectivity index (χ0) is 21.6. The lowest BCUT2D eigenvalue weighted by Crippen LogP contribution is -2.53. The van der Waals surface area contributed by atoms with Crippen LogP contribution in [-0.2, 0) is 9.59 Å². The summed E-state index contributed by atoms with van der Waals surface area (Å²) in [4.78, 5) is 25.7. The third kappa shape index (κ3) is 5.50. The van der Waals surface area contributed by atoms with E-state index in [-0.39, 0.29) is 10.7 Å². The number of anilines is 1. The van der Waals surface area contributed by atoms with Crippen molar-refractivity contribution >= 4 is 29.6 Å². The lowest BCUT2D eigenvalue weighted by atomic mass is 9.87. The number of carbonyl (C=O) groups is 2. The molecule has 1 N–H and O–H groups in total. The van der Waals surface area contributed by atoms with Crippen molar-refractivity contribution in [2.75, 3.05) is 4.90 Å². The Hall–Kier alpha value is -2.54. The summed E-state index contributed by atoms with van der Waals surface area (Å²) in [7, 11) is 0. The van der Waals surface area contributed by atoms with Crippen LogP contribution in [0.1, 0.15) is 38.3 Å². The molecule has 2 aromatic carbocycles. The predicted molar refractivity (Wildman–Crippen MR) is 107 cm³/mol. The number of hydrogen-bond donors (Lipinski definition) is 1. The van der Waals surface area contributed by atoms with Gasteiger partial charge in [0, 0.05) is 35.2 Å². The molecule has 1 fully saturated rings. The zero-order valence-electron chi connectivity index (χ0n) is 16.0. The highest BCUT2D eigenvalue weighted by molar-refractivity contribution is 6.31. The van der Waals surface area contributed by atoms with Gasteiger partial charge in [0.25, 0.3) is 5.92 Å². The second-order valence-corrected chi connectivity index (χ2v) is 6.79. The van der Waals surface area contributed by atoms with E-state index < -0.39 is 42.6 Å². The molecule has 0 spiro atoms. The number of benzene rings is 2. The Morgan fingerprint density at radius 2 is 1.86 bits per heavy atom. The van der Waals surface area contributed by atoms with Crippen molar-refractivity contribution in [2.24, 2.45) is 0 Å². The van der Waals surface area contributed by atoms with Gasteiger partial charge < -0.3 is 5.32 Å². The largest absolute Gasteiger partial charge is 0.351 e. The molecule has 2 amide bonds. The fraction of sp³-hybridized carbons (Fsp3) is 0.333. The number of nitrogens with zero attached hydrogens (tertiary/aromatic N) is 1. The number of alkyl halides is 2. The minimum Gasteiger partial charge on any atom is -0.351 e. The van der Waals surface area contributed by atoms with Crippen molar-refractivity contribution < 1.29 is 22.8 Å². The van der Waals surface area contributed by atoms with E-state index in [1.165, 1.54) is 18.2 Å². The minimum absolute atomic E-state index is 0.143. The molecule has 0 aliphatic heterocycles. The normalized spacial score (nSPS) is 15.9. The Labute approximate surface area is 172 Å². The minimum atomic E-state index is -2.80. The lowest BCUT2D eigenvalue weighted by molar-refractivity contribution is -0.131. The van der Waals surface area contributed by atoms with Crippen molar-refractivity contribution in [3.63, 3.8) is 0 Å². The average molecular weight is 427 g/mol. The van der Waals surface area contributed by atoms with Crippen molar-refractivity contribution in [2.45, 2.75) is 44.7 Å². The third-order valence-corrected chi connectivity index (χ3v) is 4.73. The number of amides is 2. The van der Waals surface area contributed by atoms with E-state index in [2.05, 4.69) is 5.32 Å². The van der Waals surface area contributed by atoms with Crippen LogP contribution in [0.2, 0.25) is 5.02 Å². The van der Waals surface area contributed by atoms with Crippen molar-refractivity contribution in [1.82, 2.24) is 5.32 Å². The van der Waals surface area contributed by atoms with E-state index in [4.69, 9.17) is 11.6 Å². The molecule has 0 saturated heterocycles. The zero-order valence-corrected chi connectivity index (χ0v) is 16.8. The summed E-state index contributed by atoms with van der Waals surface area (Å²) in [5.41, 5.74) is 0.447. The van der Waals surface area contributed by atoms with Crippen LogP contribution >= 0.6 is 11.6 Å². The first-order chi connectivity index (χ1) is 13.8. The molecule has 0 radical (unpaired) electrons. The van der Waals surface area contributed by atoms with Gasteiger partial charge in [-0.2, -0.15) is 0 Å². The molecule has 8 heteroatoms. The summed E-state index contributed by atoms with van der Waals surface area (Å²) in [6, 6.07) is 9.62. The topological polar surface area (TPSA) is 49.4 Å². The number of nitrogens with one attached hydrogen (secondary N) is 1. The van der Waals surface area contributed by atoms with Crippen LogP contribution in [-0.4, -0.2) is 24.3 Å². The molecule has 1 atom stereocenters. The Morgan fingerprint density at radius 1 is 1.21 bits per heavy atom. The van der Waals surface area contributed by atoms with E-state index in [0.29, 0.717) is 12.0 Å². The van der Waals surface area contributed by atoms with Crippen LogP contribution in [0.15, 0.2) is 48.5 Å². The van der Waals surface area contributed by atoms with E-state index in [1.54, 1.807) is 24.3 Å². The number of halogens is 4. The second-order valence-electron chi connectivity index (χ2n) is 6.39. The van der Waals surface area contributed by atoms with Crippen LogP contribution < -0.4 is 10.2 Å². The first kappa shape index (κ1) is 22.7. The first-order valence-corrected chi connectivity index (χ1v) is 9.60. The highest BCUT2D eigenvalue weighted by atomic mass is 35.5. The summed E-state index contributed by atoms with van der Waals surface area (Å²) in [6.07, 6.45) is -0.540. The number of carbonyl (C=O) groups excluding carboxylic acids is 2. The van der Waals surface area contributed by atoms with Gasteiger partial charge in [-0.15, -0.1) is 0 Å². The molecule has 2 aromatic rings. The van der Waals surface area contributed by atoms with Gasteiger partial charge in [-0.1, -0.05) is 49.7 Å². The molecule has 29 heavy (non-hydrogen) atoms. The van der Waals surface area contributed by atoms with Gasteiger partial charge in [0.15, 0.2) is 0 Å². The van der Waals surface area contributed by atoms with E-state index in [1.807, 2.05) is 13.8 Å². The monoisotopic (exact) mass is 426 g/mol. The van der Waals surface area contributed by atoms with Crippen LogP contribution in [0.4, 0.5) is 18.9 Å². The highest BCUT2D eigenvalue weighted by Crippen LogP contribution is 2.38. The smallest absolute Gasteiger partial charge is 0.252 e. The maximum absolute atomic E-state index is 13.6. The first-order valence-electron chi connectivity index (χ1n) is 9.22. The summed E-state index contributed by atoms with van der Waals surface area (Å²) >= 11 is 6.20. The Morgan fingerprint density at radius 3 is 2.41 bits per heavy atom. The summed E-state index contributed by atoms with van der Waals surface area (Å²) in [5, 5.41) is 2.75. The van der Waals surface area contributed by atoms with Crippen LogP contribution in [0, 0.1) is 5.82 Å². The number of hydrogen-bond acceptors (Lipinski definition) is 2. The fourth-order valence-corrected chi connectivity index (χ4v) is 3.30.